The molecule has 4 rings (SSSR count). The smallest absolute Gasteiger partial charge is 0.266 e. The Hall–Kier alpha value is -2.88. The van der Waals surface area contributed by atoms with Crippen molar-refractivity contribution < 1.29 is 18.7 Å². The average Bonchev–Trinajstić information content (AvgIpc) is 3.38. The van der Waals surface area contributed by atoms with Crippen molar-refractivity contribution in [2.24, 2.45) is 0 Å². The third kappa shape index (κ3) is 5.67. The van der Waals surface area contributed by atoms with Crippen LogP contribution in [0.3, 0.4) is 0 Å². The number of carbonyl (C=O) groups is 2. The molecule has 0 saturated carbocycles. The Kier molecular flexibility index (Phi) is 7.09. The van der Waals surface area contributed by atoms with E-state index in [9.17, 15) is 9.59 Å². The van der Waals surface area contributed by atoms with Gasteiger partial charge < -0.3 is 14.5 Å². The number of anilines is 1. The molecule has 0 radical (unpaired) electrons. The second kappa shape index (κ2) is 10.2. The fourth-order valence-corrected chi connectivity index (χ4v) is 4.44. The normalized spacial score (nSPS) is 14.8. The summed E-state index contributed by atoms with van der Waals surface area (Å²) in [5.74, 6) is 0.753. The Balaban J connectivity index is 1.37. The van der Waals surface area contributed by atoms with Crippen LogP contribution < -0.4 is 10.1 Å². The number of thioether (sulfide) groups is 1. The molecule has 32 heavy (non-hydrogen) atoms. The van der Waals surface area contributed by atoms with E-state index in [1.54, 1.807) is 54.8 Å². The molecule has 1 N–H and O–H groups in total. The molecule has 2 amide bonds. The largest absolute Gasteiger partial charge is 0.484 e. The van der Waals surface area contributed by atoms with Crippen molar-refractivity contribution in [3.05, 3.63) is 87.6 Å². The molecule has 0 aliphatic carbocycles. The van der Waals surface area contributed by atoms with Crippen LogP contribution in [0.5, 0.6) is 5.75 Å². The van der Waals surface area contributed by atoms with Crippen LogP contribution in [0, 0.1) is 0 Å². The molecule has 9 heteroatoms. The van der Waals surface area contributed by atoms with Gasteiger partial charge in [-0.3, -0.25) is 14.5 Å². The highest BCUT2D eigenvalue weighted by Crippen LogP contribution is 2.34. The third-order valence-corrected chi connectivity index (χ3v) is 6.33. The second-order valence-electron chi connectivity index (χ2n) is 6.76. The van der Waals surface area contributed by atoms with E-state index in [1.165, 1.54) is 16.7 Å². The lowest BCUT2D eigenvalue weighted by atomic mass is 10.2. The van der Waals surface area contributed by atoms with Crippen molar-refractivity contribution in [3.63, 3.8) is 0 Å². The topological polar surface area (TPSA) is 71.8 Å². The molecule has 1 saturated heterocycles. The highest BCUT2D eigenvalue weighted by Gasteiger charge is 2.32. The van der Waals surface area contributed by atoms with Crippen LogP contribution in [0.25, 0.3) is 6.08 Å². The number of ether oxygens (including phenoxy) is 1. The lowest BCUT2D eigenvalue weighted by molar-refractivity contribution is -0.122. The molecular weight excluding hydrogens is 512 g/mol. The molecule has 0 atom stereocenters. The van der Waals surface area contributed by atoms with Crippen LogP contribution in [-0.2, 0) is 16.1 Å². The maximum atomic E-state index is 12.8. The standard InChI is InChI=1S/C23H17BrN2O4S2/c24-16-6-8-17(9-7-16)25-21(27)14-30-18-4-1-3-15(11-18)12-20-22(28)26(23(31)32-20)13-19-5-2-10-29-19/h1-12H,13-14H2,(H,25,27)/b20-12-. The number of benzene rings is 2. The maximum absolute atomic E-state index is 12.8. The van der Waals surface area contributed by atoms with Crippen LogP contribution in [0.15, 0.2) is 80.7 Å². The molecule has 1 aliphatic rings. The van der Waals surface area contributed by atoms with E-state index < -0.39 is 0 Å². The van der Waals surface area contributed by atoms with Gasteiger partial charge in [0.15, 0.2) is 6.61 Å². The predicted molar refractivity (Wildman–Crippen MR) is 132 cm³/mol. The summed E-state index contributed by atoms with van der Waals surface area (Å²) in [5.41, 5.74) is 1.46. The van der Waals surface area contributed by atoms with E-state index >= 15 is 0 Å². The van der Waals surface area contributed by atoms with Crippen molar-refractivity contribution >= 4 is 67.8 Å². The van der Waals surface area contributed by atoms with Crippen LogP contribution in [0.2, 0.25) is 0 Å². The summed E-state index contributed by atoms with van der Waals surface area (Å²) < 4.78 is 12.3. The number of amides is 2. The highest BCUT2D eigenvalue weighted by molar-refractivity contribution is 9.10. The van der Waals surface area contributed by atoms with E-state index in [-0.39, 0.29) is 18.4 Å². The van der Waals surface area contributed by atoms with Crippen molar-refractivity contribution in [2.45, 2.75) is 6.54 Å². The quantitative estimate of drug-likeness (QED) is 0.324. The fourth-order valence-electron chi connectivity index (χ4n) is 2.92. The Morgan fingerprint density at radius 3 is 2.75 bits per heavy atom. The van der Waals surface area contributed by atoms with Crippen LogP contribution in [0.1, 0.15) is 11.3 Å². The summed E-state index contributed by atoms with van der Waals surface area (Å²) in [5, 5.41) is 2.77. The Morgan fingerprint density at radius 2 is 2.00 bits per heavy atom. The van der Waals surface area contributed by atoms with Crippen molar-refractivity contribution in [3.8, 4) is 5.75 Å². The number of nitrogens with zero attached hydrogens (tertiary/aromatic N) is 1. The highest BCUT2D eigenvalue weighted by atomic mass is 79.9. The van der Waals surface area contributed by atoms with Crippen molar-refractivity contribution in [2.75, 3.05) is 11.9 Å². The summed E-state index contributed by atoms with van der Waals surface area (Å²) in [7, 11) is 0. The molecule has 0 unspecified atom stereocenters. The predicted octanol–water partition coefficient (Wildman–Crippen LogP) is 5.46. The van der Waals surface area contributed by atoms with Crippen molar-refractivity contribution in [1.29, 1.82) is 0 Å². The molecule has 1 fully saturated rings. The molecule has 2 heterocycles. The first-order chi connectivity index (χ1) is 15.5. The molecule has 162 valence electrons. The summed E-state index contributed by atoms with van der Waals surface area (Å²) in [6.45, 7) is 0.163. The Bertz CT molecular complexity index is 1180. The zero-order valence-electron chi connectivity index (χ0n) is 16.6. The summed E-state index contributed by atoms with van der Waals surface area (Å²) in [4.78, 5) is 26.9. The van der Waals surface area contributed by atoms with Gasteiger partial charge in [-0.2, -0.15) is 0 Å². The number of carbonyl (C=O) groups excluding carboxylic acids is 2. The lowest BCUT2D eigenvalue weighted by Crippen LogP contribution is -2.27. The third-order valence-electron chi connectivity index (χ3n) is 4.42. The molecule has 2 aromatic carbocycles. The Labute approximate surface area is 202 Å². The minimum Gasteiger partial charge on any atom is -0.484 e. The van der Waals surface area contributed by atoms with Crippen LogP contribution in [-0.4, -0.2) is 27.6 Å². The van der Waals surface area contributed by atoms with Gasteiger partial charge in [-0.25, -0.2) is 0 Å². The summed E-state index contributed by atoms with van der Waals surface area (Å²) >= 11 is 9.95. The van der Waals surface area contributed by atoms with Gasteiger partial charge in [-0.05, 0) is 60.2 Å². The van der Waals surface area contributed by atoms with Gasteiger partial charge in [-0.1, -0.05) is 52.0 Å². The molecule has 1 aromatic heterocycles. The van der Waals surface area contributed by atoms with Gasteiger partial charge in [-0.15, -0.1) is 0 Å². The number of rotatable bonds is 7. The van der Waals surface area contributed by atoms with Gasteiger partial charge in [0.2, 0.25) is 0 Å². The molecule has 3 aromatic rings. The first-order valence-corrected chi connectivity index (χ1v) is 11.6. The minimum absolute atomic E-state index is 0.134. The molecule has 0 bridgehead atoms. The summed E-state index contributed by atoms with van der Waals surface area (Å²) in [6.07, 6.45) is 3.32. The lowest BCUT2D eigenvalue weighted by Gasteiger charge is -2.12. The number of thiocarbonyl (C=S) groups is 1. The number of halogens is 1. The van der Waals surface area contributed by atoms with E-state index in [0.717, 1.165) is 10.0 Å². The minimum atomic E-state index is -0.267. The maximum Gasteiger partial charge on any atom is 0.266 e. The first kappa shape index (κ1) is 22.3. The molecule has 1 aliphatic heterocycles. The molecule has 0 spiro atoms. The molecular formula is C23H17BrN2O4S2. The second-order valence-corrected chi connectivity index (χ2v) is 9.35. The zero-order chi connectivity index (χ0) is 22.5. The first-order valence-electron chi connectivity index (χ1n) is 9.54. The van der Waals surface area contributed by atoms with Gasteiger partial charge in [0.25, 0.3) is 11.8 Å². The van der Waals surface area contributed by atoms with Gasteiger partial charge in [0.05, 0.1) is 17.7 Å². The summed E-state index contributed by atoms with van der Waals surface area (Å²) in [6, 6.07) is 18.0. The average molecular weight is 529 g/mol. The van der Waals surface area contributed by atoms with Gasteiger partial charge in [0, 0.05) is 10.2 Å². The number of hydrogen-bond acceptors (Lipinski definition) is 6. The van der Waals surface area contributed by atoms with Crippen molar-refractivity contribution in [1.82, 2.24) is 4.90 Å². The number of furan rings is 1. The van der Waals surface area contributed by atoms with Crippen LogP contribution in [0.4, 0.5) is 5.69 Å². The number of hydrogen-bond donors (Lipinski definition) is 1. The SMILES string of the molecule is O=C(COc1cccc(/C=C2\SC(=S)N(Cc3ccco3)C2=O)c1)Nc1ccc(Br)cc1. The molecule has 6 nitrogen and oxygen atoms in total. The number of nitrogens with one attached hydrogen (secondary N) is 1. The Morgan fingerprint density at radius 1 is 1.19 bits per heavy atom. The fraction of sp³-hybridized carbons (Fsp3) is 0.0870. The van der Waals surface area contributed by atoms with E-state index in [4.69, 9.17) is 21.4 Å². The van der Waals surface area contributed by atoms with Crippen LogP contribution >= 0.6 is 39.9 Å². The monoisotopic (exact) mass is 528 g/mol. The van der Waals surface area contributed by atoms with Gasteiger partial charge >= 0.3 is 0 Å². The van der Waals surface area contributed by atoms with E-state index in [2.05, 4.69) is 21.2 Å². The van der Waals surface area contributed by atoms with E-state index in [1.807, 2.05) is 18.2 Å². The van der Waals surface area contributed by atoms with Gasteiger partial charge in [0.1, 0.15) is 15.8 Å². The van der Waals surface area contributed by atoms with E-state index in [0.29, 0.717) is 33.0 Å². The zero-order valence-corrected chi connectivity index (χ0v) is 19.8.